The van der Waals surface area contributed by atoms with E-state index >= 15 is 0 Å². The first-order chi connectivity index (χ1) is 6.20. The van der Waals surface area contributed by atoms with Gasteiger partial charge in [0.15, 0.2) is 0 Å². The van der Waals surface area contributed by atoms with Gasteiger partial charge in [-0.25, -0.2) is 4.79 Å². The second-order valence-corrected chi connectivity index (χ2v) is 4.33. The highest BCUT2D eigenvalue weighted by Gasteiger charge is 2.19. The van der Waals surface area contributed by atoms with Crippen molar-refractivity contribution in [3.05, 3.63) is 0 Å². The fourth-order valence-corrected chi connectivity index (χ4v) is 0.821. The standard InChI is InChI=1S/C10H20O4/c1-7(2)12-8(3)13-9(11)14-10(4,5)6/h7-8H,1-6H3. The summed E-state index contributed by atoms with van der Waals surface area (Å²) in [5, 5.41) is 0. The number of rotatable bonds is 3. The van der Waals surface area contributed by atoms with Gasteiger partial charge in [0, 0.05) is 0 Å². The first-order valence-electron chi connectivity index (χ1n) is 4.76. The molecular weight excluding hydrogens is 184 g/mol. The molecule has 0 heterocycles. The van der Waals surface area contributed by atoms with Crippen molar-refractivity contribution in [1.82, 2.24) is 0 Å². The lowest BCUT2D eigenvalue weighted by molar-refractivity contribution is -0.140. The summed E-state index contributed by atoms with van der Waals surface area (Å²) in [6.07, 6.45) is -1.26. The summed E-state index contributed by atoms with van der Waals surface area (Å²) >= 11 is 0. The first-order valence-corrected chi connectivity index (χ1v) is 4.76. The van der Waals surface area contributed by atoms with Gasteiger partial charge in [-0.15, -0.1) is 0 Å². The van der Waals surface area contributed by atoms with Crippen molar-refractivity contribution in [2.45, 2.75) is 59.5 Å². The first kappa shape index (κ1) is 13.2. The Morgan fingerprint density at radius 2 is 1.64 bits per heavy atom. The quantitative estimate of drug-likeness (QED) is 0.523. The molecule has 0 N–H and O–H groups in total. The zero-order valence-electron chi connectivity index (χ0n) is 9.79. The highest BCUT2D eigenvalue weighted by atomic mass is 16.8. The third-order valence-electron chi connectivity index (χ3n) is 1.12. The smallest absolute Gasteiger partial charge is 0.429 e. The molecule has 0 bridgehead atoms. The Labute approximate surface area is 85.5 Å². The van der Waals surface area contributed by atoms with Crippen molar-refractivity contribution < 1.29 is 19.0 Å². The molecule has 0 aromatic heterocycles. The molecule has 0 saturated carbocycles. The predicted molar refractivity (Wildman–Crippen MR) is 53.0 cm³/mol. The van der Waals surface area contributed by atoms with Gasteiger partial charge in [0.25, 0.3) is 0 Å². The molecule has 0 rings (SSSR count). The third-order valence-corrected chi connectivity index (χ3v) is 1.12. The average Bonchev–Trinajstić information content (AvgIpc) is 1.77. The largest absolute Gasteiger partial charge is 0.511 e. The van der Waals surface area contributed by atoms with Crippen LogP contribution in [0.25, 0.3) is 0 Å². The Bertz CT molecular complexity index is 181. The van der Waals surface area contributed by atoms with Gasteiger partial charge in [-0.3, -0.25) is 0 Å². The Morgan fingerprint density at radius 1 is 1.14 bits per heavy atom. The number of ether oxygens (including phenoxy) is 3. The number of carbonyl (C=O) groups is 1. The maximum Gasteiger partial charge on any atom is 0.511 e. The van der Waals surface area contributed by atoms with Crippen LogP contribution >= 0.6 is 0 Å². The van der Waals surface area contributed by atoms with Crippen LogP contribution in [-0.4, -0.2) is 24.2 Å². The normalized spacial score (nSPS) is 13.9. The lowest BCUT2D eigenvalue weighted by Crippen LogP contribution is -2.28. The maximum atomic E-state index is 11.1. The van der Waals surface area contributed by atoms with Crippen LogP contribution in [0.1, 0.15) is 41.5 Å². The predicted octanol–water partition coefficient (Wildman–Crippen LogP) is 2.71. The molecule has 0 aliphatic rings. The second-order valence-electron chi connectivity index (χ2n) is 4.33. The average molecular weight is 204 g/mol. The van der Waals surface area contributed by atoms with Crippen molar-refractivity contribution in [2.24, 2.45) is 0 Å². The van der Waals surface area contributed by atoms with Crippen LogP contribution in [0.15, 0.2) is 0 Å². The van der Waals surface area contributed by atoms with Crippen LogP contribution in [0.5, 0.6) is 0 Å². The molecule has 1 unspecified atom stereocenters. The fraction of sp³-hybridized carbons (Fsp3) is 0.900. The lowest BCUT2D eigenvalue weighted by Gasteiger charge is -2.21. The van der Waals surface area contributed by atoms with E-state index in [1.165, 1.54) is 0 Å². The van der Waals surface area contributed by atoms with Crippen LogP contribution in [-0.2, 0) is 14.2 Å². The van der Waals surface area contributed by atoms with Crippen LogP contribution in [0.2, 0.25) is 0 Å². The lowest BCUT2D eigenvalue weighted by atomic mass is 10.2. The van der Waals surface area contributed by atoms with Gasteiger partial charge in [-0.05, 0) is 41.5 Å². The summed E-state index contributed by atoms with van der Waals surface area (Å²) in [4.78, 5) is 11.1. The molecule has 0 aliphatic carbocycles. The summed E-state index contributed by atoms with van der Waals surface area (Å²) < 4.78 is 15.0. The van der Waals surface area contributed by atoms with E-state index in [-0.39, 0.29) is 6.10 Å². The fourth-order valence-electron chi connectivity index (χ4n) is 0.821. The van der Waals surface area contributed by atoms with E-state index in [0.29, 0.717) is 0 Å². The molecule has 0 saturated heterocycles. The molecule has 0 aromatic carbocycles. The Morgan fingerprint density at radius 3 is 2.00 bits per heavy atom. The minimum absolute atomic E-state index is 0.0208. The summed E-state index contributed by atoms with van der Waals surface area (Å²) in [6.45, 7) is 10.7. The molecule has 84 valence electrons. The highest BCUT2D eigenvalue weighted by Crippen LogP contribution is 2.10. The minimum Gasteiger partial charge on any atom is -0.429 e. The minimum atomic E-state index is -0.703. The molecule has 0 amide bonds. The van der Waals surface area contributed by atoms with Crippen LogP contribution in [0.3, 0.4) is 0 Å². The van der Waals surface area contributed by atoms with Crippen LogP contribution < -0.4 is 0 Å². The Balaban J connectivity index is 3.83. The van der Waals surface area contributed by atoms with Gasteiger partial charge in [0.05, 0.1) is 6.10 Å². The number of hydrogen-bond donors (Lipinski definition) is 0. The molecule has 1 atom stereocenters. The van der Waals surface area contributed by atoms with Crippen LogP contribution in [0.4, 0.5) is 4.79 Å². The van der Waals surface area contributed by atoms with Crippen LogP contribution in [0, 0.1) is 0 Å². The molecule has 0 aromatic rings. The molecule has 4 nitrogen and oxygen atoms in total. The van der Waals surface area contributed by atoms with Crippen molar-refractivity contribution in [2.75, 3.05) is 0 Å². The summed E-state index contributed by atoms with van der Waals surface area (Å²) in [6, 6.07) is 0. The Hall–Kier alpha value is -0.770. The van der Waals surface area contributed by atoms with Gasteiger partial charge in [-0.1, -0.05) is 0 Å². The zero-order chi connectivity index (χ0) is 11.4. The summed E-state index contributed by atoms with van der Waals surface area (Å²) in [7, 11) is 0. The van der Waals surface area contributed by atoms with E-state index in [1.54, 1.807) is 27.7 Å². The number of carbonyl (C=O) groups excluding carboxylic acids is 1. The van der Waals surface area contributed by atoms with Crippen molar-refractivity contribution in [1.29, 1.82) is 0 Å². The SMILES string of the molecule is CC(C)OC(C)OC(=O)OC(C)(C)C. The summed E-state index contributed by atoms with van der Waals surface area (Å²) in [5.41, 5.74) is -0.533. The maximum absolute atomic E-state index is 11.1. The van der Waals surface area contributed by atoms with E-state index in [0.717, 1.165) is 0 Å². The molecule has 14 heavy (non-hydrogen) atoms. The van der Waals surface area contributed by atoms with E-state index < -0.39 is 18.0 Å². The van der Waals surface area contributed by atoms with Gasteiger partial charge in [0.1, 0.15) is 5.60 Å². The van der Waals surface area contributed by atoms with E-state index in [2.05, 4.69) is 0 Å². The third kappa shape index (κ3) is 7.86. The van der Waals surface area contributed by atoms with Gasteiger partial charge in [0.2, 0.25) is 6.29 Å². The molecule has 0 radical (unpaired) electrons. The van der Waals surface area contributed by atoms with E-state index in [9.17, 15) is 4.79 Å². The van der Waals surface area contributed by atoms with Gasteiger partial charge in [-0.2, -0.15) is 0 Å². The van der Waals surface area contributed by atoms with Crippen molar-refractivity contribution in [3.63, 3.8) is 0 Å². The van der Waals surface area contributed by atoms with Crippen molar-refractivity contribution in [3.8, 4) is 0 Å². The molecule has 0 spiro atoms. The number of hydrogen-bond acceptors (Lipinski definition) is 4. The van der Waals surface area contributed by atoms with E-state index in [4.69, 9.17) is 14.2 Å². The van der Waals surface area contributed by atoms with Gasteiger partial charge < -0.3 is 14.2 Å². The highest BCUT2D eigenvalue weighted by molar-refractivity contribution is 5.60. The zero-order valence-corrected chi connectivity index (χ0v) is 9.79. The van der Waals surface area contributed by atoms with E-state index in [1.807, 2.05) is 13.8 Å². The molecule has 4 heteroatoms. The second kappa shape index (κ2) is 5.20. The van der Waals surface area contributed by atoms with Gasteiger partial charge >= 0.3 is 6.16 Å². The molecular formula is C10H20O4. The van der Waals surface area contributed by atoms with Crippen molar-refractivity contribution >= 4 is 6.16 Å². The Kier molecular flexibility index (Phi) is 4.91. The monoisotopic (exact) mass is 204 g/mol. The summed E-state index contributed by atoms with van der Waals surface area (Å²) in [5.74, 6) is 0. The molecule has 0 aliphatic heterocycles. The molecule has 0 fully saturated rings. The topological polar surface area (TPSA) is 44.8 Å².